The van der Waals surface area contributed by atoms with Crippen molar-refractivity contribution < 1.29 is 28.7 Å². The fraction of sp³-hybridized carbons (Fsp3) is 0.269. The van der Waals surface area contributed by atoms with Crippen LogP contribution in [0, 0.1) is 0 Å². The zero-order valence-corrected chi connectivity index (χ0v) is 35.0. The molecule has 318 valence electrons. The standard InChI is InChI=1S/C52H54N4O6/c57-51(61-55-35-31-53(32-36-55)45-21-25-47(26-22-45)59-39-29-49(41-13-5-1-6-14-41)42-15-7-2-8-16-42)52(58)62-56-37-33-54(34-38-56)46-23-27-48(28-24-46)60-40-30-50(43-17-9-3-10-18-43)44-19-11-4-12-20-44/h1-28,49-50H,29-40H2. The van der Waals surface area contributed by atoms with Gasteiger partial charge in [0, 0.05) is 49.4 Å². The van der Waals surface area contributed by atoms with E-state index in [2.05, 4.69) is 131 Å². The van der Waals surface area contributed by atoms with E-state index in [1.54, 1.807) is 0 Å². The van der Waals surface area contributed by atoms with Gasteiger partial charge in [-0.25, -0.2) is 9.59 Å². The third kappa shape index (κ3) is 11.4. The number of hydroxylamine groups is 4. The van der Waals surface area contributed by atoms with Crippen molar-refractivity contribution in [1.82, 2.24) is 10.1 Å². The quantitative estimate of drug-likeness (QED) is 0.0884. The van der Waals surface area contributed by atoms with Crippen LogP contribution in [0.1, 0.15) is 46.9 Å². The molecule has 0 radical (unpaired) electrons. The minimum absolute atomic E-state index is 0.257. The van der Waals surface area contributed by atoms with Crippen molar-refractivity contribution in [2.75, 3.05) is 75.4 Å². The Labute approximate surface area is 364 Å². The summed E-state index contributed by atoms with van der Waals surface area (Å²) in [6, 6.07) is 58.5. The Kier molecular flexibility index (Phi) is 14.4. The van der Waals surface area contributed by atoms with E-state index in [0.717, 1.165) is 35.7 Å². The summed E-state index contributed by atoms with van der Waals surface area (Å²) in [5, 5.41) is 3.06. The highest BCUT2D eigenvalue weighted by molar-refractivity contribution is 6.29. The van der Waals surface area contributed by atoms with E-state index in [1.807, 2.05) is 48.5 Å². The topological polar surface area (TPSA) is 84.0 Å². The highest BCUT2D eigenvalue weighted by atomic mass is 16.8. The van der Waals surface area contributed by atoms with Gasteiger partial charge in [0.15, 0.2) is 0 Å². The van der Waals surface area contributed by atoms with E-state index in [9.17, 15) is 9.59 Å². The fourth-order valence-electron chi connectivity index (χ4n) is 8.27. The van der Waals surface area contributed by atoms with Crippen molar-refractivity contribution in [2.45, 2.75) is 24.7 Å². The van der Waals surface area contributed by atoms with Gasteiger partial charge >= 0.3 is 11.9 Å². The number of benzene rings is 6. The second-order valence-electron chi connectivity index (χ2n) is 15.6. The van der Waals surface area contributed by atoms with E-state index in [-0.39, 0.29) is 11.8 Å². The third-order valence-electron chi connectivity index (χ3n) is 11.6. The summed E-state index contributed by atoms with van der Waals surface area (Å²) >= 11 is 0. The summed E-state index contributed by atoms with van der Waals surface area (Å²) in [6.07, 6.45) is 1.72. The van der Waals surface area contributed by atoms with Crippen LogP contribution < -0.4 is 19.3 Å². The molecule has 0 amide bonds. The van der Waals surface area contributed by atoms with Crippen LogP contribution in [0.25, 0.3) is 0 Å². The van der Waals surface area contributed by atoms with Crippen molar-refractivity contribution in [1.29, 1.82) is 0 Å². The lowest BCUT2D eigenvalue weighted by molar-refractivity contribution is -0.219. The van der Waals surface area contributed by atoms with Crippen LogP contribution in [0.4, 0.5) is 11.4 Å². The van der Waals surface area contributed by atoms with Crippen LogP contribution in [0.5, 0.6) is 11.5 Å². The summed E-state index contributed by atoms with van der Waals surface area (Å²) in [5.41, 5.74) is 7.24. The molecule has 0 unspecified atom stereocenters. The number of ether oxygens (including phenoxy) is 2. The van der Waals surface area contributed by atoms with E-state index in [1.165, 1.54) is 32.4 Å². The van der Waals surface area contributed by atoms with Gasteiger partial charge in [-0.3, -0.25) is 0 Å². The minimum Gasteiger partial charge on any atom is -0.494 e. The molecule has 2 saturated heterocycles. The lowest BCUT2D eigenvalue weighted by Gasteiger charge is -2.35. The van der Waals surface area contributed by atoms with E-state index >= 15 is 0 Å². The zero-order valence-electron chi connectivity index (χ0n) is 35.0. The molecular formula is C52H54N4O6. The van der Waals surface area contributed by atoms with E-state index in [4.69, 9.17) is 19.1 Å². The van der Waals surface area contributed by atoms with Gasteiger partial charge in [0.2, 0.25) is 0 Å². The highest BCUT2D eigenvalue weighted by Gasteiger charge is 2.29. The summed E-state index contributed by atoms with van der Waals surface area (Å²) in [7, 11) is 0. The minimum atomic E-state index is -1.02. The lowest BCUT2D eigenvalue weighted by atomic mass is 9.89. The first-order valence-corrected chi connectivity index (χ1v) is 21.7. The van der Waals surface area contributed by atoms with Gasteiger partial charge in [0.05, 0.1) is 39.4 Å². The van der Waals surface area contributed by atoms with Gasteiger partial charge in [-0.1, -0.05) is 121 Å². The molecule has 0 saturated carbocycles. The molecule has 10 nitrogen and oxygen atoms in total. The Bertz CT molecular complexity index is 2020. The maximum absolute atomic E-state index is 12.7. The molecule has 2 aliphatic heterocycles. The molecular weight excluding hydrogens is 777 g/mol. The predicted octanol–water partition coefficient (Wildman–Crippen LogP) is 8.75. The normalized spacial score (nSPS) is 14.7. The van der Waals surface area contributed by atoms with Crippen molar-refractivity contribution >= 4 is 23.3 Å². The first kappa shape index (κ1) is 42.1. The van der Waals surface area contributed by atoms with Crippen molar-refractivity contribution in [3.63, 3.8) is 0 Å². The number of nitrogens with zero attached hydrogens (tertiary/aromatic N) is 4. The molecule has 0 spiro atoms. The van der Waals surface area contributed by atoms with Crippen LogP contribution in [0.2, 0.25) is 0 Å². The first-order chi connectivity index (χ1) is 30.6. The molecule has 0 bridgehead atoms. The summed E-state index contributed by atoms with van der Waals surface area (Å²) < 4.78 is 12.4. The Balaban J connectivity index is 0.720. The zero-order chi connectivity index (χ0) is 42.4. The van der Waals surface area contributed by atoms with Crippen molar-refractivity contribution in [3.05, 3.63) is 192 Å². The summed E-state index contributed by atoms with van der Waals surface area (Å²) in [6.45, 7) is 5.57. The van der Waals surface area contributed by atoms with E-state index < -0.39 is 11.9 Å². The second-order valence-corrected chi connectivity index (χ2v) is 15.6. The van der Waals surface area contributed by atoms with Crippen LogP contribution in [0.15, 0.2) is 170 Å². The van der Waals surface area contributed by atoms with Gasteiger partial charge in [-0.15, -0.1) is 10.1 Å². The Morgan fingerprint density at radius 1 is 0.387 bits per heavy atom. The third-order valence-corrected chi connectivity index (χ3v) is 11.6. The van der Waals surface area contributed by atoms with Crippen LogP contribution in [-0.2, 0) is 19.3 Å². The maximum atomic E-state index is 12.7. The molecule has 8 rings (SSSR count). The number of hydrogen-bond donors (Lipinski definition) is 0. The molecule has 62 heavy (non-hydrogen) atoms. The van der Waals surface area contributed by atoms with Gasteiger partial charge < -0.3 is 28.9 Å². The molecule has 6 aromatic rings. The van der Waals surface area contributed by atoms with Gasteiger partial charge in [0.1, 0.15) is 11.5 Å². The molecule has 2 heterocycles. The molecule has 2 aliphatic rings. The number of piperazine rings is 2. The largest absolute Gasteiger partial charge is 0.494 e. The Morgan fingerprint density at radius 3 is 0.968 bits per heavy atom. The fourth-order valence-corrected chi connectivity index (χ4v) is 8.27. The average Bonchev–Trinajstić information content (AvgIpc) is 3.34. The highest BCUT2D eigenvalue weighted by Crippen LogP contribution is 2.30. The second kappa shape index (κ2) is 21.3. The smallest absolute Gasteiger partial charge is 0.438 e. The molecule has 2 fully saturated rings. The lowest BCUT2D eigenvalue weighted by Crippen LogP contribution is -2.49. The van der Waals surface area contributed by atoms with Gasteiger partial charge in [0.25, 0.3) is 0 Å². The van der Waals surface area contributed by atoms with Gasteiger partial charge in [-0.2, -0.15) is 0 Å². The first-order valence-electron chi connectivity index (χ1n) is 21.7. The monoisotopic (exact) mass is 830 g/mol. The number of carbonyl (C=O) groups excluding carboxylic acids is 2. The Morgan fingerprint density at radius 2 is 0.677 bits per heavy atom. The SMILES string of the molecule is O=C(ON1CCN(c2ccc(OCCC(c3ccccc3)c3ccccc3)cc2)CC1)C(=O)ON1CCN(c2ccc(OCCC(c3ccccc3)c3ccccc3)cc2)CC1. The molecule has 10 heteroatoms. The molecule has 0 aromatic heterocycles. The van der Waals surface area contributed by atoms with Gasteiger partial charge in [-0.05, 0) is 83.6 Å². The predicted molar refractivity (Wildman–Crippen MR) is 242 cm³/mol. The number of rotatable bonds is 16. The van der Waals surface area contributed by atoms with E-state index in [0.29, 0.717) is 65.6 Å². The van der Waals surface area contributed by atoms with Crippen LogP contribution in [0.3, 0.4) is 0 Å². The molecule has 0 atom stereocenters. The summed E-state index contributed by atoms with van der Waals surface area (Å²) in [5.74, 6) is 0.130. The molecule has 6 aromatic carbocycles. The summed E-state index contributed by atoms with van der Waals surface area (Å²) in [4.78, 5) is 40.8. The van der Waals surface area contributed by atoms with Crippen molar-refractivity contribution in [3.8, 4) is 11.5 Å². The molecule has 0 N–H and O–H groups in total. The number of hydrogen-bond acceptors (Lipinski definition) is 10. The maximum Gasteiger partial charge on any atom is 0.438 e. The Hall–Kier alpha value is -6.62. The average molecular weight is 831 g/mol. The van der Waals surface area contributed by atoms with Crippen LogP contribution in [-0.4, -0.2) is 87.6 Å². The number of anilines is 2. The number of carbonyl (C=O) groups is 2. The van der Waals surface area contributed by atoms with Crippen LogP contribution >= 0.6 is 0 Å². The van der Waals surface area contributed by atoms with Crippen molar-refractivity contribution in [2.24, 2.45) is 0 Å². The molecule has 0 aliphatic carbocycles.